The maximum Gasteiger partial charge on any atom is 0.331 e. The van der Waals surface area contributed by atoms with Crippen molar-refractivity contribution in [2.45, 2.75) is 45.8 Å². The Morgan fingerprint density at radius 3 is 2.69 bits per heavy atom. The summed E-state index contributed by atoms with van der Waals surface area (Å²) in [5, 5.41) is 3.37. The van der Waals surface area contributed by atoms with Crippen molar-refractivity contribution in [1.29, 1.82) is 0 Å². The van der Waals surface area contributed by atoms with Gasteiger partial charge in [0.05, 0.1) is 24.7 Å². The number of nitrogens with one attached hydrogen (secondary N) is 2. The monoisotopic (exact) mass is 435 g/mol. The second kappa shape index (κ2) is 10.1. The molecule has 0 aliphatic heterocycles. The number of imidazole rings is 1. The molecule has 32 heavy (non-hydrogen) atoms. The van der Waals surface area contributed by atoms with Gasteiger partial charge in [0.2, 0.25) is 0 Å². The predicted octanol–water partition coefficient (Wildman–Crippen LogP) is 4.64. The lowest BCUT2D eigenvalue weighted by molar-refractivity contribution is -0.148. The molecule has 3 aromatic rings. The van der Waals surface area contributed by atoms with Crippen molar-refractivity contribution >= 4 is 34.7 Å². The Morgan fingerprint density at radius 1 is 1.16 bits per heavy atom. The average molecular weight is 436 g/mol. The van der Waals surface area contributed by atoms with Gasteiger partial charge in [-0.25, -0.2) is 9.78 Å². The summed E-state index contributed by atoms with van der Waals surface area (Å²) in [6, 6.07) is 13.6. The number of hydrogen-bond acceptors (Lipinski definition) is 6. The number of aryl methyl sites for hydroxylation is 1. The number of anilines is 1. The standard InChI is InChI=1S/C25H29N3O4/c1-25(2,3)32-24(30)14-11-18-7-5-6-8-19(18)26-16-22-27-20-12-9-17(15-21(20)28-22)10-13-23(29)31-4/h5-9,11-12,14-15,26H,10,13,16H2,1-4H3,(H,27,28). The van der Waals surface area contributed by atoms with Gasteiger partial charge in [0.15, 0.2) is 0 Å². The zero-order valence-electron chi connectivity index (χ0n) is 18.9. The van der Waals surface area contributed by atoms with Crippen LogP contribution in [0.1, 0.15) is 44.1 Å². The van der Waals surface area contributed by atoms with Gasteiger partial charge in [0.25, 0.3) is 0 Å². The van der Waals surface area contributed by atoms with Crippen molar-refractivity contribution in [3.05, 3.63) is 65.5 Å². The van der Waals surface area contributed by atoms with Gasteiger partial charge in [-0.05, 0) is 62.6 Å². The van der Waals surface area contributed by atoms with E-state index in [9.17, 15) is 9.59 Å². The molecule has 0 spiro atoms. The maximum atomic E-state index is 12.0. The van der Waals surface area contributed by atoms with Crippen LogP contribution >= 0.6 is 0 Å². The summed E-state index contributed by atoms with van der Waals surface area (Å²) in [6.45, 7) is 6.00. The highest BCUT2D eigenvalue weighted by atomic mass is 16.6. The minimum Gasteiger partial charge on any atom is -0.469 e. The van der Waals surface area contributed by atoms with E-state index in [0.717, 1.165) is 33.7 Å². The second-order valence-electron chi connectivity index (χ2n) is 8.42. The van der Waals surface area contributed by atoms with E-state index in [-0.39, 0.29) is 11.9 Å². The number of methoxy groups -OCH3 is 1. The summed E-state index contributed by atoms with van der Waals surface area (Å²) in [7, 11) is 1.39. The number of ether oxygens (including phenoxy) is 2. The third kappa shape index (κ3) is 6.70. The van der Waals surface area contributed by atoms with E-state index in [2.05, 4.69) is 15.3 Å². The van der Waals surface area contributed by atoms with E-state index >= 15 is 0 Å². The molecule has 168 valence electrons. The first-order valence-corrected chi connectivity index (χ1v) is 10.5. The summed E-state index contributed by atoms with van der Waals surface area (Å²) in [4.78, 5) is 31.3. The average Bonchev–Trinajstić information content (AvgIpc) is 3.16. The van der Waals surface area contributed by atoms with Gasteiger partial charge >= 0.3 is 11.9 Å². The van der Waals surface area contributed by atoms with Crippen LogP contribution in [0, 0.1) is 0 Å². The first-order chi connectivity index (χ1) is 15.2. The van der Waals surface area contributed by atoms with Crippen molar-refractivity contribution in [3.8, 4) is 0 Å². The number of para-hydroxylation sites is 1. The number of benzene rings is 2. The first kappa shape index (κ1) is 23.1. The molecular weight excluding hydrogens is 406 g/mol. The molecule has 0 unspecified atom stereocenters. The zero-order valence-corrected chi connectivity index (χ0v) is 18.9. The largest absolute Gasteiger partial charge is 0.469 e. The smallest absolute Gasteiger partial charge is 0.331 e. The van der Waals surface area contributed by atoms with Crippen LogP contribution in [0.2, 0.25) is 0 Å². The molecule has 0 fully saturated rings. The van der Waals surface area contributed by atoms with Crippen LogP contribution < -0.4 is 5.32 Å². The molecule has 0 radical (unpaired) electrons. The van der Waals surface area contributed by atoms with Gasteiger partial charge in [-0.1, -0.05) is 24.3 Å². The molecule has 0 saturated carbocycles. The quantitative estimate of drug-likeness (QED) is 0.396. The zero-order chi connectivity index (χ0) is 23.1. The molecule has 2 aromatic carbocycles. The lowest BCUT2D eigenvalue weighted by atomic mass is 10.1. The Kier molecular flexibility index (Phi) is 7.30. The van der Waals surface area contributed by atoms with Gasteiger partial charge in [-0.15, -0.1) is 0 Å². The highest BCUT2D eigenvalue weighted by Gasteiger charge is 2.14. The van der Waals surface area contributed by atoms with Crippen molar-refractivity contribution in [2.24, 2.45) is 0 Å². The van der Waals surface area contributed by atoms with Crippen molar-refractivity contribution in [3.63, 3.8) is 0 Å². The summed E-state index contributed by atoms with van der Waals surface area (Å²) < 4.78 is 10.0. The molecule has 3 rings (SSSR count). The third-order valence-electron chi connectivity index (χ3n) is 4.65. The fraction of sp³-hybridized carbons (Fsp3) is 0.320. The number of esters is 2. The van der Waals surface area contributed by atoms with Crippen LogP contribution in [0.3, 0.4) is 0 Å². The van der Waals surface area contributed by atoms with Gasteiger partial charge < -0.3 is 19.8 Å². The van der Waals surface area contributed by atoms with Crippen LogP contribution in [-0.4, -0.2) is 34.6 Å². The molecule has 1 heterocycles. The van der Waals surface area contributed by atoms with Crippen molar-refractivity contribution in [1.82, 2.24) is 9.97 Å². The van der Waals surface area contributed by atoms with Gasteiger partial charge in [0, 0.05) is 18.2 Å². The van der Waals surface area contributed by atoms with E-state index in [1.165, 1.54) is 13.2 Å². The van der Waals surface area contributed by atoms with Crippen LogP contribution in [0.15, 0.2) is 48.5 Å². The topological polar surface area (TPSA) is 93.3 Å². The Morgan fingerprint density at radius 2 is 1.94 bits per heavy atom. The second-order valence-corrected chi connectivity index (χ2v) is 8.42. The Balaban J connectivity index is 1.66. The minimum absolute atomic E-state index is 0.223. The molecule has 0 atom stereocenters. The van der Waals surface area contributed by atoms with Crippen LogP contribution in [-0.2, 0) is 32.0 Å². The Hall–Kier alpha value is -3.61. The van der Waals surface area contributed by atoms with Crippen LogP contribution in [0.4, 0.5) is 5.69 Å². The van der Waals surface area contributed by atoms with E-state index < -0.39 is 5.60 Å². The van der Waals surface area contributed by atoms with E-state index in [0.29, 0.717) is 19.4 Å². The molecule has 0 saturated heterocycles. The Bertz CT molecular complexity index is 1130. The predicted molar refractivity (Wildman–Crippen MR) is 125 cm³/mol. The number of carbonyl (C=O) groups is 2. The van der Waals surface area contributed by atoms with Gasteiger partial charge in [-0.3, -0.25) is 4.79 Å². The highest BCUT2D eigenvalue weighted by Crippen LogP contribution is 2.20. The number of nitrogens with zero attached hydrogens (tertiary/aromatic N) is 1. The minimum atomic E-state index is -0.528. The molecule has 0 bridgehead atoms. The fourth-order valence-electron chi connectivity index (χ4n) is 3.17. The first-order valence-electron chi connectivity index (χ1n) is 10.5. The molecule has 0 amide bonds. The van der Waals surface area contributed by atoms with E-state index in [1.54, 1.807) is 6.08 Å². The normalized spacial score (nSPS) is 11.6. The molecule has 0 aliphatic carbocycles. The molecule has 1 aromatic heterocycles. The van der Waals surface area contributed by atoms with Crippen molar-refractivity contribution in [2.75, 3.05) is 12.4 Å². The summed E-state index contributed by atoms with van der Waals surface area (Å²) >= 11 is 0. The molecule has 2 N–H and O–H groups in total. The fourth-order valence-corrected chi connectivity index (χ4v) is 3.17. The summed E-state index contributed by atoms with van der Waals surface area (Å²) in [6.07, 6.45) is 4.14. The molecule has 0 aliphatic rings. The number of aromatic nitrogens is 2. The van der Waals surface area contributed by atoms with E-state index in [1.807, 2.05) is 63.2 Å². The number of carbonyl (C=O) groups excluding carboxylic acids is 2. The number of fused-ring (bicyclic) bond motifs is 1. The maximum absolute atomic E-state index is 12.0. The summed E-state index contributed by atoms with van der Waals surface area (Å²) in [5.74, 6) is 0.183. The number of hydrogen-bond donors (Lipinski definition) is 2. The van der Waals surface area contributed by atoms with Gasteiger partial charge in [0.1, 0.15) is 11.4 Å². The molecule has 7 nitrogen and oxygen atoms in total. The molecular formula is C25H29N3O4. The SMILES string of the molecule is COC(=O)CCc1ccc2nc(CNc3ccccc3C=CC(=O)OC(C)(C)C)[nH]c2c1. The lowest BCUT2D eigenvalue weighted by Crippen LogP contribution is -2.22. The van der Waals surface area contributed by atoms with Crippen molar-refractivity contribution < 1.29 is 19.1 Å². The number of aromatic amines is 1. The van der Waals surface area contributed by atoms with Crippen LogP contribution in [0.5, 0.6) is 0 Å². The number of rotatable bonds is 8. The van der Waals surface area contributed by atoms with Gasteiger partial charge in [-0.2, -0.15) is 0 Å². The van der Waals surface area contributed by atoms with Crippen LogP contribution in [0.25, 0.3) is 17.1 Å². The van der Waals surface area contributed by atoms with E-state index in [4.69, 9.17) is 9.47 Å². The highest BCUT2D eigenvalue weighted by molar-refractivity contribution is 5.88. The molecule has 7 heteroatoms. The third-order valence-corrected chi connectivity index (χ3v) is 4.65. The Labute approximate surface area is 187 Å². The number of H-pyrrole nitrogens is 1. The lowest BCUT2D eigenvalue weighted by Gasteiger charge is -2.18. The summed E-state index contributed by atoms with van der Waals surface area (Å²) in [5.41, 5.74) is 4.05.